The number of hydrogen-bond acceptors (Lipinski definition) is 4. The molecule has 0 aliphatic rings. The van der Waals surface area contributed by atoms with Gasteiger partial charge in [0.1, 0.15) is 17.3 Å². The minimum Gasteiger partial charge on any atom is -0.496 e. The summed E-state index contributed by atoms with van der Waals surface area (Å²) < 4.78 is 11.7. The zero-order valence-corrected chi connectivity index (χ0v) is 16.3. The number of benzene rings is 1. The van der Waals surface area contributed by atoms with Crippen LogP contribution in [0.25, 0.3) is 0 Å². The zero-order chi connectivity index (χ0) is 18.2. The Balaban J connectivity index is 1.95. The predicted octanol–water partition coefficient (Wildman–Crippen LogP) is 4.27. The summed E-state index contributed by atoms with van der Waals surface area (Å²) in [5.41, 5.74) is 0.789. The molecular formula is C17H19BrClN3O3. The van der Waals surface area contributed by atoms with Crippen LogP contribution in [0.4, 0.5) is 10.6 Å². The van der Waals surface area contributed by atoms with Crippen LogP contribution in [0, 0.1) is 0 Å². The molecule has 0 spiro atoms. The molecule has 2 aromatic rings. The number of urea groups is 1. The van der Waals surface area contributed by atoms with Gasteiger partial charge in [-0.3, -0.25) is 5.32 Å². The Morgan fingerprint density at radius 2 is 2.04 bits per heavy atom. The molecule has 0 fully saturated rings. The van der Waals surface area contributed by atoms with Gasteiger partial charge in [-0.25, -0.2) is 9.78 Å². The number of methoxy groups -OCH3 is 1. The molecule has 8 heteroatoms. The zero-order valence-electron chi connectivity index (χ0n) is 13.9. The highest BCUT2D eigenvalue weighted by Gasteiger charge is 2.14. The first kappa shape index (κ1) is 19.3. The van der Waals surface area contributed by atoms with Crippen LogP contribution in [0.3, 0.4) is 0 Å². The van der Waals surface area contributed by atoms with Gasteiger partial charge in [0.15, 0.2) is 0 Å². The van der Waals surface area contributed by atoms with Crippen molar-refractivity contribution in [3.63, 3.8) is 0 Å². The third-order valence-corrected chi connectivity index (χ3v) is 4.20. The molecule has 0 aliphatic heterocycles. The van der Waals surface area contributed by atoms with Crippen molar-refractivity contribution >= 4 is 39.4 Å². The average Bonchev–Trinajstić information content (AvgIpc) is 2.60. The third kappa shape index (κ3) is 5.51. The number of amides is 2. The van der Waals surface area contributed by atoms with E-state index in [9.17, 15) is 4.79 Å². The lowest BCUT2D eigenvalue weighted by atomic mass is 10.1. The number of aromatic nitrogens is 1. The lowest BCUT2D eigenvalue weighted by Crippen LogP contribution is -2.30. The van der Waals surface area contributed by atoms with Crippen LogP contribution in [0.2, 0.25) is 5.02 Å². The van der Waals surface area contributed by atoms with E-state index in [1.54, 1.807) is 37.6 Å². The van der Waals surface area contributed by atoms with Gasteiger partial charge >= 0.3 is 6.03 Å². The van der Waals surface area contributed by atoms with Crippen molar-refractivity contribution in [3.05, 3.63) is 45.5 Å². The van der Waals surface area contributed by atoms with E-state index >= 15 is 0 Å². The standard InChI is InChI=1S/C17H19BrClN3O3/c1-3-25-14-6-5-13(24-2)12(16(14)19)8-9-20-17(23)22-15-7-4-11(18)10-21-15/h4-7,10H,3,8-9H2,1-2H3,(H2,20,21,22,23). The Morgan fingerprint density at radius 3 is 2.68 bits per heavy atom. The molecular weight excluding hydrogens is 410 g/mol. The minimum absolute atomic E-state index is 0.342. The summed E-state index contributed by atoms with van der Waals surface area (Å²) in [7, 11) is 1.58. The number of anilines is 1. The van der Waals surface area contributed by atoms with Crippen molar-refractivity contribution in [2.45, 2.75) is 13.3 Å². The number of nitrogens with zero attached hydrogens (tertiary/aromatic N) is 1. The first-order chi connectivity index (χ1) is 12.0. The number of ether oxygens (including phenoxy) is 2. The maximum absolute atomic E-state index is 11.9. The van der Waals surface area contributed by atoms with Gasteiger partial charge in [-0.15, -0.1) is 0 Å². The van der Waals surface area contributed by atoms with Gasteiger partial charge in [-0.1, -0.05) is 11.6 Å². The highest BCUT2D eigenvalue weighted by molar-refractivity contribution is 9.10. The van der Waals surface area contributed by atoms with E-state index in [4.69, 9.17) is 21.1 Å². The number of nitrogens with one attached hydrogen (secondary N) is 2. The Bertz CT molecular complexity index is 726. The number of pyridine rings is 1. The van der Waals surface area contributed by atoms with Gasteiger partial charge < -0.3 is 14.8 Å². The molecule has 2 N–H and O–H groups in total. The van der Waals surface area contributed by atoms with Crippen molar-refractivity contribution in [3.8, 4) is 11.5 Å². The van der Waals surface area contributed by atoms with E-state index in [0.29, 0.717) is 41.9 Å². The third-order valence-electron chi connectivity index (χ3n) is 3.31. The monoisotopic (exact) mass is 427 g/mol. The molecule has 1 aromatic carbocycles. The summed E-state index contributed by atoms with van der Waals surface area (Å²) in [6.45, 7) is 2.79. The summed E-state index contributed by atoms with van der Waals surface area (Å²) in [6, 6.07) is 6.73. The van der Waals surface area contributed by atoms with Crippen molar-refractivity contribution in [1.82, 2.24) is 10.3 Å². The van der Waals surface area contributed by atoms with E-state index in [1.165, 1.54) is 0 Å². The fourth-order valence-corrected chi connectivity index (χ4v) is 2.72. The predicted molar refractivity (Wildman–Crippen MR) is 102 cm³/mol. The molecule has 0 aliphatic carbocycles. The summed E-state index contributed by atoms with van der Waals surface area (Å²) in [5, 5.41) is 5.92. The first-order valence-corrected chi connectivity index (χ1v) is 8.86. The molecule has 134 valence electrons. The van der Waals surface area contributed by atoms with Crippen LogP contribution in [-0.4, -0.2) is 31.3 Å². The lowest BCUT2D eigenvalue weighted by Gasteiger charge is -2.14. The van der Waals surface area contributed by atoms with Crippen LogP contribution in [0.15, 0.2) is 34.9 Å². The van der Waals surface area contributed by atoms with Crippen molar-refractivity contribution in [2.75, 3.05) is 25.6 Å². The van der Waals surface area contributed by atoms with E-state index in [0.717, 1.165) is 10.0 Å². The van der Waals surface area contributed by atoms with Crippen LogP contribution < -0.4 is 20.1 Å². The molecule has 1 aromatic heterocycles. The van der Waals surface area contributed by atoms with E-state index in [2.05, 4.69) is 31.5 Å². The highest BCUT2D eigenvalue weighted by atomic mass is 79.9. The van der Waals surface area contributed by atoms with E-state index in [-0.39, 0.29) is 6.03 Å². The minimum atomic E-state index is -0.342. The van der Waals surface area contributed by atoms with E-state index < -0.39 is 0 Å². The number of carbonyl (C=O) groups is 1. The molecule has 0 saturated heterocycles. The van der Waals surface area contributed by atoms with Crippen LogP contribution in [-0.2, 0) is 6.42 Å². The van der Waals surface area contributed by atoms with Gasteiger partial charge in [0.2, 0.25) is 0 Å². The molecule has 1 heterocycles. The number of hydrogen-bond donors (Lipinski definition) is 2. The number of carbonyl (C=O) groups excluding carboxylic acids is 1. The second-order valence-corrected chi connectivity index (χ2v) is 6.28. The van der Waals surface area contributed by atoms with Gasteiger partial charge in [0, 0.05) is 22.8 Å². The highest BCUT2D eigenvalue weighted by Crippen LogP contribution is 2.35. The van der Waals surface area contributed by atoms with Gasteiger partial charge in [-0.05, 0) is 53.5 Å². The van der Waals surface area contributed by atoms with Gasteiger partial charge in [0.25, 0.3) is 0 Å². The fourth-order valence-electron chi connectivity index (χ4n) is 2.18. The number of halogens is 2. The maximum atomic E-state index is 11.9. The molecule has 25 heavy (non-hydrogen) atoms. The quantitative estimate of drug-likeness (QED) is 0.691. The SMILES string of the molecule is CCOc1ccc(OC)c(CCNC(=O)Nc2ccc(Br)cn2)c1Cl. The van der Waals surface area contributed by atoms with Gasteiger partial charge in [0.05, 0.1) is 18.7 Å². The summed E-state index contributed by atoms with van der Waals surface area (Å²) >= 11 is 9.67. The normalized spacial score (nSPS) is 10.2. The second-order valence-electron chi connectivity index (χ2n) is 4.98. The number of rotatable bonds is 7. The molecule has 0 saturated carbocycles. The molecule has 2 rings (SSSR count). The Morgan fingerprint density at radius 1 is 1.28 bits per heavy atom. The topological polar surface area (TPSA) is 72.5 Å². The molecule has 0 atom stereocenters. The Labute approximate surface area is 160 Å². The van der Waals surface area contributed by atoms with Crippen molar-refractivity contribution in [1.29, 1.82) is 0 Å². The summed E-state index contributed by atoms with van der Waals surface area (Å²) in [6.07, 6.45) is 2.11. The molecule has 0 radical (unpaired) electrons. The van der Waals surface area contributed by atoms with Crippen molar-refractivity contribution in [2.24, 2.45) is 0 Å². The Hall–Kier alpha value is -1.99. The molecule has 0 bridgehead atoms. The molecule has 2 amide bonds. The first-order valence-electron chi connectivity index (χ1n) is 7.69. The lowest BCUT2D eigenvalue weighted by molar-refractivity contribution is 0.252. The van der Waals surface area contributed by atoms with Gasteiger partial charge in [-0.2, -0.15) is 0 Å². The fraction of sp³-hybridized carbons (Fsp3) is 0.294. The summed E-state index contributed by atoms with van der Waals surface area (Å²) in [4.78, 5) is 16.0. The van der Waals surface area contributed by atoms with E-state index in [1.807, 2.05) is 6.92 Å². The smallest absolute Gasteiger partial charge is 0.320 e. The largest absolute Gasteiger partial charge is 0.496 e. The average molecular weight is 429 g/mol. The summed E-state index contributed by atoms with van der Waals surface area (Å²) in [5.74, 6) is 1.73. The van der Waals surface area contributed by atoms with Crippen LogP contribution in [0.5, 0.6) is 11.5 Å². The molecule has 6 nitrogen and oxygen atoms in total. The van der Waals surface area contributed by atoms with Crippen LogP contribution >= 0.6 is 27.5 Å². The molecule has 0 unspecified atom stereocenters. The van der Waals surface area contributed by atoms with Crippen molar-refractivity contribution < 1.29 is 14.3 Å². The Kier molecular flexibility index (Phi) is 7.33. The van der Waals surface area contributed by atoms with Crippen LogP contribution in [0.1, 0.15) is 12.5 Å². The second kappa shape index (κ2) is 9.48. The maximum Gasteiger partial charge on any atom is 0.320 e.